The van der Waals surface area contributed by atoms with Gasteiger partial charge < -0.3 is 4.74 Å². The maximum atomic E-state index is 12.0. The average Bonchev–Trinajstić information content (AvgIpc) is 2.98. The van der Waals surface area contributed by atoms with Crippen molar-refractivity contribution in [3.8, 4) is 5.75 Å². The fraction of sp³-hybridized carbons (Fsp3) is 0.444. The number of benzene rings is 1. The Bertz CT molecular complexity index is 678. The van der Waals surface area contributed by atoms with Crippen molar-refractivity contribution >= 4 is 46.0 Å². The van der Waals surface area contributed by atoms with Crippen LogP contribution >= 0.6 is 24.0 Å². The van der Waals surface area contributed by atoms with Gasteiger partial charge in [0.2, 0.25) is 11.8 Å². The molecule has 1 saturated heterocycles. The molecule has 1 aliphatic heterocycles. The van der Waals surface area contributed by atoms with Crippen LogP contribution in [0.15, 0.2) is 24.3 Å². The molecule has 0 aliphatic carbocycles. The summed E-state index contributed by atoms with van der Waals surface area (Å²) in [4.78, 5) is 37.0. The van der Waals surface area contributed by atoms with Crippen LogP contribution in [-0.2, 0) is 9.59 Å². The second-order valence-electron chi connectivity index (χ2n) is 5.87. The maximum absolute atomic E-state index is 12.0. The highest BCUT2D eigenvalue weighted by atomic mass is 32.2. The molecule has 1 heterocycles. The van der Waals surface area contributed by atoms with Gasteiger partial charge in [0.15, 0.2) is 0 Å². The molecule has 1 fully saturated rings. The summed E-state index contributed by atoms with van der Waals surface area (Å²) >= 11 is 6.50. The minimum atomic E-state index is -0.384. The standard InChI is InChI=1S/C18H23N3O4S2/c1-2-25-14-9-7-13(8-10-14)17(24)20-19-15(22)6-4-3-5-11-21-16(23)12-27-18(21)26/h7-10H,2-6,11-12H2,1H3,(H,19,22)(H,20,24). The summed E-state index contributed by atoms with van der Waals surface area (Å²) in [6, 6.07) is 6.68. The SMILES string of the molecule is CCOc1ccc(C(=O)NNC(=O)CCCCCN2C(=O)CSC2=S)cc1. The second kappa shape index (κ2) is 10.9. The topological polar surface area (TPSA) is 87.7 Å². The number of rotatable bonds is 9. The Labute approximate surface area is 168 Å². The van der Waals surface area contributed by atoms with E-state index in [1.54, 1.807) is 29.2 Å². The van der Waals surface area contributed by atoms with Gasteiger partial charge in [-0.3, -0.25) is 30.1 Å². The molecule has 27 heavy (non-hydrogen) atoms. The van der Waals surface area contributed by atoms with Gasteiger partial charge in [0.1, 0.15) is 10.1 Å². The lowest BCUT2D eigenvalue weighted by Gasteiger charge is -2.14. The number of hydrogen-bond donors (Lipinski definition) is 2. The number of nitrogens with one attached hydrogen (secondary N) is 2. The molecule has 1 aromatic rings. The average molecular weight is 410 g/mol. The molecule has 0 saturated carbocycles. The number of thioether (sulfide) groups is 1. The molecule has 0 spiro atoms. The third kappa shape index (κ3) is 6.84. The summed E-state index contributed by atoms with van der Waals surface area (Å²) in [5, 5.41) is 0. The van der Waals surface area contributed by atoms with Crippen molar-refractivity contribution in [3.05, 3.63) is 29.8 Å². The largest absolute Gasteiger partial charge is 0.494 e. The Morgan fingerprint density at radius 1 is 1.19 bits per heavy atom. The van der Waals surface area contributed by atoms with Gasteiger partial charge in [0, 0.05) is 18.5 Å². The number of nitrogens with zero attached hydrogens (tertiary/aromatic N) is 1. The number of hydrazine groups is 1. The first-order valence-corrected chi connectivity index (χ1v) is 10.2. The van der Waals surface area contributed by atoms with Gasteiger partial charge >= 0.3 is 0 Å². The molecule has 2 rings (SSSR count). The molecule has 146 valence electrons. The highest BCUT2D eigenvalue weighted by Gasteiger charge is 2.25. The molecule has 0 atom stereocenters. The Kier molecular flexibility index (Phi) is 8.53. The number of unbranched alkanes of at least 4 members (excludes halogenated alkanes) is 2. The Balaban J connectivity index is 1.59. The van der Waals surface area contributed by atoms with Crippen molar-refractivity contribution in [2.45, 2.75) is 32.6 Å². The van der Waals surface area contributed by atoms with Crippen LogP contribution in [0.2, 0.25) is 0 Å². The summed E-state index contributed by atoms with van der Waals surface area (Å²) in [6.07, 6.45) is 2.57. The fourth-order valence-electron chi connectivity index (χ4n) is 2.46. The van der Waals surface area contributed by atoms with Crippen molar-refractivity contribution in [2.75, 3.05) is 18.9 Å². The maximum Gasteiger partial charge on any atom is 0.269 e. The first kappa shape index (κ1) is 21.2. The summed E-state index contributed by atoms with van der Waals surface area (Å²) < 4.78 is 5.95. The minimum Gasteiger partial charge on any atom is -0.494 e. The third-order valence-corrected chi connectivity index (χ3v) is 5.30. The van der Waals surface area contributed by atoms with E-state index >= 15 is 0 Å². The van der Waals surface area contributed by atoms with Crippen molar-refractivity contribution in [2.24, 2.45) is 0 Å². The van der Waals surface area contributed by atoms with Crippen molar-refractivity contribution in [1.29, 1.82) is 0 Å². The molecule has 9 heteroatoms. The summed E-state index contributed by atoms with van der Waals surface area (Å²) in [5.41, 5.74) is 5.24. The van der Waals surface area contributed by atoms with Crippen LogP contribution in [0.5, 0.6) is 5.75 Å². The number of amides is 3. The van der Waals surface area contributed by atoms with E-state index < -0.39 is 0 Å². The molecule has 0 aromatic heterocycles. The van der Waals surface area contributed by atoms with Gasteiger partial charge in [0.05, 0.1) is 12.4 Å². The van der Waals surface area contributed by atoms with Crippen LogP contribution in [0.1, 0.15) is 43.0 Å². The first-order valence-electron chi connectivity index (χ1n) is 8.80. The number of thiocarbonyl (C=S) groups is 1. The molecule has 3 amide bonds. The third-order valence-electron chi connectivity index (χ3n) is 3.87. The molecular weight excluding hydrogens is 386 g/mol. The zero-order valence-electron chi connectivity index (χ0n) is 15.2. The van der Waals surface area contributed by atoms with E-state index in [2.05, 4.69) is 10.9 Å². The zero-order chi connectivity index (χ0) is 19.6. The lowest BCUT2D eigenvalue weighted by atomic mass is 10.2. The van der Waals surface area contributed by atoms with E-state index in [-0.39, 0.29) is 17.7 Å². The summed E-state index contributed by atoms with van der Waals surface area (Å²) in [6.45, 7) is 3.04. The van der Waals surface area contributed by atoms with Crippen molar-refractivity contribution in [3.63, 3.8) is 0 Å². The second-order valence-corrected chi connectivity index (χ2v) is 7.48. The van der Waals surface area contributed by atoms with Crippen LogP contribution in [0, 0.1) is 0 Å². The monoisotopic (exact) mass is 409 g/mol. The Hall–Kier alpha value is -2.13. The molecule has 1 aromatic carbocycles. The zero-order valence-corrected chi connectivity index (χ0v) is 16.8. The Morgan fingerprint density at radius 3 is 2.56 bits per heavy atom. The first-order chi connectivity index (χ1) is 13.0. The van der Waals surface area contributed by atoms with Crippen LogP contribution in [0.3, 0.4) is 0 Å². The van der Waals surface area contributed by atoms with Gasteiger partial charge in [-0.25, -0.2) is 0 Å². The highest BCUT2D eigenvalue weighted by Crippen LogP contribution is 2.19. The van der Waals surface area contributed by atoms with E-state index in [9.17, 15) is 14.4 Å². The minimum absolute atomic E-state index is 0.0553. The van der Waals surface area contributed by atoms with Gasteiger partial charge in [-0.2, -0.15) is 0 Å². The predicted molar refractivity (Wildman–Crippen MR) is 108 cm³/mol. The summed E-state index contributed by atoms with van der Waals surface area (Å²) in [5.74, 6) is 0.533. The normalized spacial score (nSPS) is 13.6. The highest BCUT2D eigenvalue weighted by molar-refractivity contribution is 8.23. The molecule has 2 N–H and O–H groups in total. The molecular formula is C18H23N3O4S2. The quantitative estimate of drug-likeness (QED) is 0.370. The fourth-order valence-corrected chi connectivity index (χ4v) is 3.58. The molecule has 7 nitrogen and oxygen atoms in total. The number of carbonyl (C=O) groups is 3. The van der Waals surface area contributed by atoms with E-state index in [1.807, 2.05) is 6.92 Å². The van der Waals surface area contributed by atoms with Gasteiger partial charge in [-0.1, -0.05) is 30.4 Å². The number of hydrogen-bond acceptors (Lipinski definition) is 6. The van der Waals surface area contributed by atoms with E-state index in [0.717, 1.165) is 12.8 Å². The smallest absolute Gasteiger partial charge is 0.269 e. The van der Waals surface area contributed by atoms with Crippen molar-refractivity contribution < 1.29 is 19.1 Å². The Morgan fingerprint density at radius 2 is 1.93 bits per heavy atom. The lowest BCUT2D eigenvalue weighted by Crippen LogP contribution is -2.41. The molecule has 0 bridgehead atoms. The van der Waals surface area contributed by atoms with Crippen molar-refractivity contribution in [1.82, 2.24) is 15.8 Å². The van der Waals surface area contributed by atoms with Gasteiger partial charge in [-0.15, -0.1) is 0 Å². The van der Waals surface area contributed by atoms with Crippen LogP contribution in [0.25, 0.3) is 0 Å². The van der Waals surface area contributed by atoms with Crippen LogP contribution < -0.4 is 15.6 Å². The number of carbonyl (C=O) groups excluding carboxylic acids is 3. The predicted octanol–water partition coefficient (Wildman–Crippen LogP) is 2.27. The molecule has 1 aliphatic rings. The number of ether oxygens (including phenoxy) is 1. The molecule has 0 radical (unpaired) electrons. The van der Waals surface area contributed by atoms with E-state index in [0.29, 0.717) is 47.4 Å². The van der Waals surface area contributed by atoms with Gasteiger partial charge in [0.25, 0.3) is 5.91 Å². The van der Waals surface area contributed by atoms with Crippen LogP contribution in [-0.4, -0.2) is 45.8 Å². The lowest BCUT2D eigenvalue weighted by molar-refractivity contribution is -0.124. The molecule has 0 unspecified atom stereocenters. The van der Waals surface area contributed by atoms with E-state index in [4.69, 9.17) is 17.0 Å². The van der Waals surface area contributed by atoms with Gasteiger partial charge in [-0.05, 0) is 44.0 Å². The summed E-state index contributed by atoms with van der Waals surface area (Å²) in [7, 11) is 0. The van der Waals surface area contributed by atoms with E-state index in [1.165, 1.54) is 11.8 Å². The van der Waals surface area contributed by atoms with Crippen LogP contribution in [0.4, 0.5) is 0 Å².